The van der Waals surface area contributed by atoms with Gasteiger partial charge in [-0.1, -0.05) is 17.7 Å². The third-order valence-corrected chi connectivity index (χ3v) is 3.13. The number of halogens is 1. The van der Waals surface area contributed by atoms with Gasteiger partial charge in [0.25, 0.3) is 0 Å². The van der Waals surface area contributed by atoms with Crippen molar-refractivity contribution < 1.29 is 9.53 Å². The average Bonchev–Trinajstić information content (AvgIpc) is 2.44. The molecule has 0 radical (unpaired) electrons. The van der Waals surface area contributed by atoms with Crippen LogP contribution in [0, 0.1) is 6.92 Å². The van der Waals surface area contributed by atoms with Gasteiger partial charge in [-0.15, -0.1) is 0 Å². The van der Waals surface area contributed by atoms with Crippen molar-refractivity contribution in [3.8, 4) is 0 Å². The van der Waals surface area contributed by atoms with Gasteiger partial charge in [0.05, 0.1) is 34.8 Å². The molecule has 1 aromatic heterocycles. The van der Waals surface area contributed by atoms with Crippen LogP contribution in [0.3, 0.4) is 0 Å². The van der Waals surface area contributed by atoms with E-state index in [-0.39, 0.29) is 17.9 Å². The van der Waals surface area contributed by atoms with Gasteiger partial charge in [0, 0.05) is 0 Å². The lowest BCUT2D eigenvalue weighted by atomic mass is 10.2. The first-order chi connectivity index (χ1) is 10.0. The van der Waals surface area contributed by atoms with Crippen LogP contribution in [0.5, 0.6) is 0 Å². The molecule has 0 fully saturated rings. The zero-order chi connectivity index (χ0) is 15.4. The fourth-order valence-electron chi connectivity index (χ4n) is 1.78. The minimum atomic E-state index is -0.476. The molecule has 0 aliphatic rings. The summed E-state index contributed by atoms with van der Waals surface area (Å²) >= 11 is 6.16. The lowest BCUT2D eigenvalue weighted by Gasteiger charge is -2.11. The summed E-state index contributed by atoms with van der Waals surface area (Å²) in [6, 6.07) is 7.16. The molecular weight excluding hydrogens is 290 g/mol. The SMILES string of the molecule is CCOC(=O)c1cc(Nc2ccc(C)cc2Cl)ncc1N. The third-order valence-electron chi connectivity index (χ3n) is 2.82. The molecule has 5 nitrogen and oxygen atoms in total. The topological polar surface area (TPSA) is 77.2 Å². The number of anilines is 3. The molecular formula is C15H16ClN3O2. The molecule has 0 unspecified atom stereocenters. The molecule has 6 heteroatoms. The number of carbonyl (C=O) groups is 1. The van der Waals surface area contributed by atoms with Gasteiger partial charge in [0.1, 0.15) is 5.82 Å². The molecule has 2 rings (SSSR count). The number of ether oxygens (including phenoxy) is 1. The highest BCUT2D eigenvalue weighted by atomic mass is 35.5. The predicted molar refractivity (Wildman–Crippen MR) is 84.1 cm³/mol. The van der Waals surface area contributed by atoms with Gasteiger partial charge in [-0.2, -0.15) is 0 Å². The minimum Gasteiger partial charge on any atom is -0.462 e. The number of aryl methyl sites for hydroxylation is 1. The summed E-state index contributed by atoms with van der Waals surface area (Å²) in [5.74, 6) is -0.00606. The molecule has 1 aromatic carbocycles. The Hall–Kier alpha value is -2.27. The maximum atomic E-state index is 11.8. The lowest BCUT2D eigenvalue weighted by Crippen LogP contribution is -2.09. The number of rotatable bonds is 4. The van der Waals surface area contributed by atoms with E-state index in [1.807, 2.05) is 25.1 Å². The van der Waals surface area contributed by atoms with Crippen LogP contribution >= 0.6 is 11.6 Å². The van der Waals surface area contributed by atoms with Gasteiger partial charge in [-0.05, 0) is 37.6 Å². The lowest BCUT2D eigenvalue weighted by molar-refractivity contribution is 0.0527. The van der Waals surface area contributed by atoms with Crippen LogP contribution in [-0.2, 0) is 4.74 Å². The number of benzene rings is 1. The Balaban J connectivity index is 2.28. The van der Waals surface area contributed by atoms with Crippen LogP contribution in [0.25, 0.3) is 0 Å². The van der Waals surface area contributed by atoms with Gasteiger partial charge in [-0.3, -0.25) is 0 Å². The van der Waals surface area contributed by atoms with Crippen LogP contribution in [-0.4, -0.2) is 17.6 Å². The van der Waals surface area contributed by atoms with Crippen LogP contribution in [0.2, 0.25) is 5.02 Å². The quantitative estimate of drug-likeness (QED) is 0.845. The number of nitrogens with one attached hydrogen (secondary N) is 1. The Morgan fingerprint density at radius 2 is 2.19 bits per heavy atom. The molecule has 0 amide bonds. The second-order valence-corrected chi connectivity index (χ2v) is 4.89. The monoisotopic (exact) mass is 305 g/mol. The van der Waals surface area contributed by atoms with Crippen LogP contribution in [0.15, 0.2) is 30.5 Å². The van der Waals surface area contributed by atoms with Crippen molar-refractivity contribution in [1.29, 1.82) is 0 Å². The highest BCUT2D eigenvalue weighted by Crippen LogP contribution is 2.26. The molecule has 1 heterocycles. The fourth-order valence-corrected chi connectivity index (χ4v) is 2.06. The van der Waals surface area contributed by atoms with Crippen molar-refractivity contribution in [1.82, 2.24) is 4.98 Å². The summed E-state index contributed by atoms with van der Waals surface area (Å²) in [6.45, 7) is 3.98. The first-order valence-corrected chi connectivity index (χ1v) is 6.85. The van der Waals surface area contributed by atoms with Crippen molar-refractivity contribution in [2.24, 2.45) is 0 Å². The van der Waals surface area contributed by atoms with E-state index in [4.69, 9.17) is 22.1 Å². The average molecular weight is 306 g/mol. The van der Waals surface area contributed by atoms with Gasteiger partial charge in [-0.25, -0.2) is 9.78 Å². The largest absolute Gasteiger partial charge is 0.462 e. The Labute approximate surface area is 128 Å². The predicted octanol–water partition coefficient (Wildman–Crippen LogP) is 3.55. The number of pyridine rings is 1. The Kier molecular flexibility index (Phi) is 4.65. The summed E-state index contributed by atoms with van der Waals surface area (Å²) < 4.78 is 4.95. The maximum Gasteiger partial charge on any atom is 0.340 e. The summed E-state index contributed by atoms with van der Waals surface area (Å²) in [6.07, 6.45) is 1.41. The molecule has 2 aromatic rings. The van der Waals surface area contributed by atoms with E-state index >= 15 is 0 Å². The number of hydrogen-bond donors (Lipinski definition) is 2. The summed E-state index contributed by atoms with van der Waals surface area (Å²) in [4.78, 5) is 15.9. The second kappa shape index (κ2) is 6.45. The van der Waals surface area contributed by atoms with Crippen molar-refractivity contribution in [3.63, 3.8) is 0 Å². The maximum absolute atomic E-state index is 11.8. The van der Waals surface area contributed by atoms with E-state index in [2.05, 4.69) is 10.3 Å². The molecule has 0 aliphatic carbocycles. The number of carbonyl (C=O) groups excluding carboxylic acids is 1. The van der Waals surface area contributed by atoms with E-state index in [9.17, 15) is 4.79 Å². The summed E-state index contributed by atoms with van der Waals surface area (Å²) in [7, 11) is 0. The Morgan fingerprint density at radius 3 is 2.86 bits per heavy atom. The van der Waals surface area contributed by atoms with E-state index in [1.165, 1.54) is 6.20 Å². The van der Waals surface area contributed by atoms with Crippen molar-refractivity contribution in [2.45, 2.75) is 13.8 Å². The second-order valence-electron chi connectivity index (χ2n) is 4.49. The van der Waals surface area contributed by atoms with Gasteiger partial charge < -0.3 is 15.8 Å². The first kappa shape index (κ1) is 15.1. The smallest absolute Gasteiger partial charge is 0.340 e. The van der Waals surface area contributed by atoms with Crippen molar-refractivity contribution >= 4 is 34.8 Å². The van der Waals surface area contributed by atoms with Gasteiger partial charge >= 0.3 is 5.97 Å². The van der Waals surface area contributed by atoms with Crippen LogP contribution < -0.4 is 11.1 Å². The molecule has 0 saturated carbocycles. The molecule has 0 spiro atoms. The molecule has 110 valence electrons. The van der Waals surface area contributed by atoms with Crippen molar-refractivity contribution in [3.05, 3.63) is 46.6 Å². The zero-order valence-electron chi connectivity index (χ0n) is 11.8. The van der Waals surface area contributed by atoms with Gasteiger partial charge in [0.2, 0.25) is 0 Å². The molecule has 3 N–H and O–H groups in total. The summed E-state index contributed by atoms with van der Waals surface area (Å²) in [5.41, 5.74) is 8.06. The highest BCUT2D eigenvalue weighted by Gasteiger charge is 2.13. The van der Waals surface area contributed by atoms with Gasteiger partial charge in [0.15, 0.2) is 0 Å². The van der Waals surface area contributed by atoms with Crippen LogP contribution in [0.4, 0.5) is 17.2 Å². The van der Waals surface area contributed by atoms with E-state index < -0.39 is 5.97 Å². The molecule has 0 atom stereocenters. The number of aromatic nitrogens is 1. The Morgan fingerprint density at radius 1 is 1.43 bits per heavy atom. The first-order valence-electron chi connectivity index (χ1n) is 6.47. The van der Waals surface area contributed by atoms with Crippen molar-refractivity contribution in [2.75, 3.05) is 17.7 Å². The molecule has 21 heavy (non-hydrogen) atoms. The van der Waals surface area contributed by atoms with E-state index in [1.54, 1.807) is 13.0 Å². The number of hydrogen-bond acceptors (Lipinski definition) is 5. The molecule has 0 aliphatic heterocycles. The van der Waals surface area contributed by atoms with Crippen LogP contribution in [0.1, 0.15) is 22.8 Å². The standard InChI is InChI=1S/C15H16ClN3O2/c1-3-21-15(20)10-7-14(18-8-12(10)17)19-13-5-4-9(2)6-11(13)16/h4-8H,3,17H2,1-2H3,(H,18,19). The fraction of sp³-hybridized carbons (Fsp3) is 0.200. The van der Waals surface area contributed by atoms with E-state index in [0.717, 1.165) is 5.56 Å². The number of esters is 1. The van der Waals surface area contributed by atoms with E-state index in [0.29, 0.717) is 16.5 Å². The number of nitrogens with zero attached hydrogens (tertiary/aromatic N) is 1. The third kappa shape index (κ3) is 3.64. The molecule has 0 bridgehead atoms. The Bertz CT molecular complexity index is 674. The minimum absolute atomic E-state index is 0.272. The number of nitrogen functional groups attached to an aromatic ring is 1. The number of nitrogens with two attached hydrogens (primary N) is 1. The normalized spacial score (nSPS) is 10.2. The summed E-state index contributed by atoms with van der Waals surface area (Å²) in [5, 5.41) is 3.63. The highest BCUT2D eigenvalue weighted by molar-refractivity contribution is 6.33. The molecule has 0 saturated heterocycles. The zero-order valence-corrected chi connectivity index (χ0v) is 12.6.